The Morgan fingerprint density at radius 2 is 1.97 bits per heavy atom. The number of sulfonamides is 1. The molecule has 0 spiro atoms. The number of nitro benzene ring substituents is 1. The first-order chi connectivity index (χ1) is 13.8. The molecule has 1 heterocycles. The fourth-order valence-electron chi connectivity index (χ4n) is 2.37. The van der Waals surface area contributed by atoms with Gasteiger partial charge in [0.05, 0.1) is 21.2 Å². The average Bonchev–Trinajstić information content (AvgIpc) is 3.20. The summed E-state index contributed by atoms with van der Waals surface area (Å²) in [6.45, 7) is 1.76. The van der Waals surface area contributed by atoms with Crippen LogP contribution in [-0.4, -0.2) is 19.1 Å². The Morgan fingerprint density at radius 3 is 2.62 bits per heavy atom. The van der Waals surface area contributed by atoms with E-state index in [1.165, 1.54) is 35.6 Å². The second-order valence-corrected chi connectivity index (χ2v) is 8.90. The molecule has 0 bridgehead atoms. The summed E-state index contributed by atoms with van der Waals surface area (Å²) in [6, 6.07) is 13.4. The molecule has 0 amide bonds. The van der Waals surface area contributed by atoms with Crippen LogP contribution in [0.4, 0.5) is 17.1 Å². The number of nitrogens with one attached hydrogen (secondary N) is 2. The van der Waals surface area contributed by atoms with E-state index in [4.69, 9.17) is 11.6 Å². The number of halogens is 1. The van der Waals surface area contributed by atoms with E-state index < -0.39 is 20.6 Å². The van der Waals surface area contributed by atoms with Crippen molar-refractivity contribution in [3.8, 4) is 0 Å². The van der Waals surface area contributed by atoms with Crippen LogP contribution in [0.2, 0.25) is 5.02 Å². The van der Waals surface area contributed by atoms with Gasteiger partial charge < -0.3 is 0 Å². The van der Waals surface area contributed by atoms with Crippen LogP contribution in [0.5, 0.6) is 0 Å². The van der Waals surface area contributed by atoms with E-state index in [1.54, 1.807) is 19.1 Å². The SMILES string of the molecule is CC(=NNc1ccc(S(=O)(=O)Nc2cccc(Cl)c2)cc1[N+](=O)[O-])c1cccs1. The summed E-state index contributed by atoms with van der Waals surface area (Å²) in [6.07, 6.45) is 0. The molecule has 0 saturated carbocycles. The number of rotatable bonds is 7. The molecular formula is C18H15ClN4O4S2. The van der Waals surface area contributed by atoms with Gasteiger partial charge in [-0.2, -0.15) is 5.10 Å². The second-order valence-electron chi connectivity index (χ2n) is 5.84. The number of nitro groups is 1. The van der Waals surface area contributed by atoms with E-state index in [0.717, 1.165) is 10.9 Å². The van der Waals surface area contributed by atoms with Gasteiger partial charge in [0.25, 0.3) is 15.7 Å². The van der Waals surface area contributed by atoms with Gasteiger partial charge in [0.2, 0.25) is 0 Å². The maximum atomic E-state index is 12.6. The number of benzene rings is 2. The third kappa shape index (κ3) is 5.11. The Balaban J connectivity index is 1.89. The van der Waals surface area contributed by atoms with Crippen LogP contribution >= 0.6 is 22.9 Å². The standard InChI is InChI=1S/C18H15ClN4O4S2/c1-12(18-6-3-9-28-18)20-21-16-8-7-15(11-17(16)23(24)25)29(26,27)22-14-5-2-4-13(19)10-14/h2-11,21-22H,1H3. The zero-order valence-electron chi connectivity index (χ0n) is 15.0. The third-order valence-electron chi connectivity index (χ3n) is 3.77. The molecule has 0 aliphatic rings. The summed E-state index contributed by atoms with van der Waals surface area (Å²) in [5.74, 6) is 0. The molecule has 3 aromatic rings. The quantitative estimate of drug-likeness (QED) is 0.300. The molecule has 150 valence electrons. The molecule has 0 fully saturated rings. The molecule has 3 rings (SSSR count). The highest BCUT2D eigenvalue weighted by molar-refractivity contribution is 7.92. The van der Waals surface area contributed by atoms with Crippen molar-refractivity contribution in [1.29, 1.82) is 0 Å². The summed E-state index contributed by atoms with van der Waals surface area (Å²) in [5, 5.41) is 17.9. The Kier molecular flexibility index (Phi) is 6.16. The Bertz CT molecular complexity index is 1180. The largest absolute Gasteiger partial charge is 0.295 e. The first kappa shape index (κ1) is 20.8. The molecule has 0 aliphatic heterocycles. The summed E-state index contributed by atoms with van der Waals surface area (Å²) in [7, 11) is -4.04. The molecule has 0 radical (unpaired) electrons. The first-order valence-corrected chi connectivity index (χ1v) is 10.9. The number of hydrogen-bond donors (Lipinski definition) is 2. The number of thiophene rings is 1. The maximum absolute atomic E-state index is 12.6. The first-order valence-electron chi connectivity index (χ1n) is 8.17. The van der Waals surface area contributed by atoms with Gasteiger partial charge in [0, 0.05) is 16.0 Å². The Hall–Kier alpha value is -2.95. The van der Waals surface area contributed by atoms with Crippen LogP contribution in [0.1, 0.15) is 11.8 Å². The maximum Gasteiger partial charge on any atom is 0.295 e. The van der Waals surface area contributed by atoms with Gasteiger partial charge in [-0.15, -0.1) is 11.3 Å². The third-order valence-corrected chi connectivity index (χ3v) is 6.37. The van der Waals surface area contributed by atoms with Crippen LogP contribution < -0.4 is 10.1 Å². The number of hydrazone groups is 1. The predicted molar refractivity (Wildman–Crippen MR) is 116 cm³/mol. The van der Waals surface area contributed by atoms with Gasteiger partial charge in [0.1, 0.15) is 5.69 Å². The van der Waals surface area contributed by atoms with E-state index in [0.29, 0.717) is 10.7 Å². The summed E-state index contributed by atoms with van der Waals surface area (Å²) in [5.41, 5.74) is 3.20. The minimum atomic E-state index is -4.04. The molecule has 0 atom stereocenters. The average molecular weight is 451 g/mol. The Labute approximate surface area is 176 Å². The van der Waals surface area contributed by atoms with Crippen molar-refractivity contribution in [2.24, 2.45) is 5.10 Å². The summed E-state index contributed by atoms with van der Waals surface area (Å²) in [4.78, 5) is 11.4. The molecule has 0 unspecified atom stereocenters. The van der Waals surface area contributed by atoms with Crippen molar-refractivity contribution < 1.29 is 13.3 Å². The van der Waals surface area contributed by atoms with Crippen molar-refractivity contribution in [1.82, 2.24) is 0 Å². The molecule has 8 nitrogen and oxygen atoms in total. The zero-order chi connectivity index (χ0) is 21.0. The molecule has 2 N–H and O–H groups in total. The van der Waals surface area contributed by atoms with Gasteiger partial charge in [0.15, 0.2) is 0 Å². The Morgan fingerprint density at radius 1 is 1.17 bits per heavy atom. The van der Waals surface area contributed by atoms with Crippen molar-refractivity contribution in [3.63, 3.8) is 0 Å². The van der Waals surface area contributed by atoms with E-state index in [2.05, 4.69) is 15.2 Å². The van der Waals surface area contributed by atoms with Gasteiger partial charge >= 0.3 is 0 Å². The monoisotopic (exact) mass is 450 g/mol. The van der Waals surface area contributed by atoms with E-state index in [-0.39, 0.29) is 16.3 Å². The lowest BCUT2D eigenvalue weighted by molar-refractivity contribution is -0.384. The number of nitrogens with zero attached hydrogens (tertiary/aromatic N) is 2. The highest BCUT2D eigenvalue weighted by Crippen LogP contribution is 2.29. The van der Waals surface area contributed by atoms with Crippen molar-refractivity contribution in [3.05, 3.63) is 80.0 Å². The molecule has 0 aliphatic carbocycles. The predicted octanol–water partition coefficient (Wildman–Crippen LogP) is 4.95. The molecule has 29 heavy (non-hydrogen) atoms. The fraction of sp³-hybridized carbons (Fsp3) is 0.0556. The lowest BCUT2D eigenvalue weighted by atomic mass is 10.3. The lowest BCUT2D eigenvalue weighted by Crippen LogP contribution is -2.13. The van der Waals surface area contributed by atoms with Gasteiger partial charge in [-0.3, -0.25) is 20.3 Å². The number of hydrogen-bond acceptors (Lipinski definition) is 7. The van der Waals surface area contributed by atoms with Crippen molar-refractivity contribution >= 4 is 55.7 Å². The molecule has 2 aromatic carbocycles. The van der Waals surface area contributed by atoms with E-state index in [9.17, 15) is 18.5 Å². The van der Waals surface area contributed by atoms with Crippen LogP contribution in [0.15, 0.2) is 70.0 Å². The van der Waals surface area contributed by atoms with Gasteiger partial charge in [-0.05, 0) is 48.7 Å². The highest BCUT2D eigenvalue weighted by atomic mass is 35.5. The molecule has 1 aromatic heterocycles. The van der Waals surface area contributed by atoms with Crippen LogP contribution in [0, 0.1) is 10.1 Å². The highest BCUT2D eigenvalue weighted by Gasteiger charge is 2.22. The molecule has 0 saturated heterocycles. The van der Waals surface area contributed by atoms with Crippen molar-refractivity contribution in [2.75, 3.05) is 10.1 Å². The summed E-state index contributed by atoms with van der Waals surface area (Å²) >= 11 is 7.34. The van der Waals surface area contributed by atoms with Crippen LogP contribution in [0.3, 0.4) is 0 Å². The van der Waals surface area contributed by atoms with Crippen LogP contribution in [0.25, 0.3) is 0 Å². The van der Waals surface area contributed by atoms with E-state index in [1.807, 2.05) is 17.5 Å². The molecule has 11 heteroatoms. The fourth-order valence-corrected chi connectivity index (χ4v) is 4.31. The minimum Gasteiger partial charge on any atom is -0.280 e. The van der Waals surface area contributed by atoms with E-state index >= 15 is 0 Å². The smallest absolute Gasteiger partial charge is 0.280 e. The van der Waals surface area contributed by atoms with Gasteiger partial charge in [-0.25, -0.2) is 8.42 Å². The normalized spacial score (nSPS) is 11.9. The zero-order valence-corrected chi connectivity index (χ0v) is 17.4. The molecular weight excluding hydrogens is 436 g/mol. The topological polar surface area (TPSA) is 114 Å². The van der Waals surface area contributed by atoms with Crippen molar-refractivity contribution in [2.45, 2.75) is 11.8 Å². The second kappa shape index (κ2) is 8.60. The van der Waals surface area contributed by atoms with Gasteiger partial charge in [-0.1, -0.05) is 23.7 Å². The summed E-state index contributed by atoms with van der Waals surface area (Å²) < 4.78 is 27.5. The lowest BCUT2D eigenvalue weighted by Gasteiger charge is -2.10. The number of anilines is 2. The minimum absolute atomic E-state index is 0.0765. The van der Waals surface area contributed by atoms with Crippen LogP contribution in [-0.2, 0) is 10.0 Å².